The first-order valence-corrected chi connectivity index (χ1v) is 8.52. The molecular formula is C16H8BrClINO2. The van der Waals surface area contributed by atoms with Crippen LogP contribution in [0.4, 0.5) is 0 Å². The molecule has 3 nitrogen and oxygen atoms in total. The van der Waals surface area contributed by atoms with Crippen LogP contribution in [0, 0.1) is 3.57 Å². The zero-order valence-electron chi connectivity index (χ0n) is 11.0. The quantitative estimate of drug-likeness (QED) is 0.337. The monoisotopic (exact) mass is 487 g/mol. The van der Waals surface area contributed by atoms with Gasteiger partial charge in [0.15, 0.2) is 5.70 Å². The lowest BCUT2D eigenvalue weighted by molar-refractivity contribution is -0.129. The summed E-state index contributed by atoms with van der Waals surface area (Å²) < 4.78 is 7.24. The minimum Gasteiger partial charge on any atom is -0.402 e. The molecule has 3 rings (SSSR count). The summed E-state index contributed by atoms with van der Waals surface area (Å²) in [5.74, 6) is -0.190. The lowest BCUT2D eigenvalue weighted by atomic mass is 10.2. The first-order valence-electron chi connectivity index (χ1n) is 6.27. The first-order chi connectivity index (χ1) is 10.5. The van der Waals surface area contributed by atoms with Crippen molar-refractivity contribution in [2.24, 2.45) is 4.99 Å². The SMILES string of the molecule is O=C1OC(c2ccc(I)c(Br)c2)=N/C1=C\c1ccccc1Cl. The zero-order valence-corrected chi connectivity index (χ0v) is 15.5. The van der Waals surface area contributed by atoms with Crippen molar-refractivity contribution in [2.75, 3.05) is 0 Å². The number of hydrogen-bond donors (Lipinski definition) is 0. The highest BCUT2D eigenvalue weighted by Gasteiger charge is 2.24. The second-order valence-corrected chi connectivity index (χ2v) is 6.91. The molecule has 0 amide bonds. The van der Waals surface area contributed by atoms with Gasteiger partial charge in [-0.3, -0.25) is 0 Å². The number of nitrogens with zero attached hydrogens (tertiary/aromatic N) is 1. The topological polar surface area (TPSA) is 38.7 Å². The van der Waals surface area contributed by atoms with Crippen molar-refractivity contribution >= 4 is 68.1 Å². The number of esters is 1. The number of halogens is 3. The molecule has 2 aromatic carbocycles. The van der Waals surface area contributed by atoms with Crippen LogP contribution in [0.5, 0.6) is 0 Å². The van der Waals surface area contributed by atoms with Gasteiger partial charge in [0.2, 0.25) is 5.90 Å². The van der Waals surface area contributed by atoms with Crippen LogP contribution in [-0.4, -0.2) is 11.9 Å². The van der Waals surface area contributed by atoms with Crippen LogP contribution < -0.4 is 0 Å². The van der Waals surface area contributed by atoms with Gasteiger partial charge < -0.3 is 4.74 Å². The Balaban J connectivity index is 1.98. The largest absolute Gasteiger partial charge is 0.402 e. The lowest BCUT2D eigenvalue weighted by Gasteiger charge is -2.01. The molecule has 0 unspecified atom stereocenters. The van der Waals surface area contributed by atoms with Crippen LogP contribution in [0.25, 0.3) is 6.08 Å². The van der Waals surface area contributed by atoms with Crippen LogP contribution in [0.1, 0.15) is 11.1 Å². The van der Waals surface area contributed by atoms with Crippen molar-refractivity contribution in [3.05, 3.63) is 72.4 Å². The fourth-order valence-electron chi connectivity index (χ4n) is 1.90. The van der Waals surface area contributed by atoms with Crippen molar-refractivity contribution in [1.82, 2.24) is 0 Å². The highest BCUT2D eigenvalue weighted by Crippen LogP contribution is 2.25. The summed E-state index contributed by atoms with van der Waals surface area (Å²) >= 11 is 11.8. The van der Waals surface area contributed by atoms with Gasteiger partial charge in [0, 0.05) is 18.6 Å². The Labute approximate surface area is 154 Å². The van der Waals surface area contributed by atoms with Crippen LogP contribution in [0.2, 0.25) is 5.02 Å². The van der Waals surface area contributed by atoms with Crippen molar-refractivity contribution in [1.29, 1.82) is 0 Å². The number of cyclic esters (lactones) is 1. The third kappa shape index (κ3) is 3.26. The van der Waals surface area contributed by atoms with Gasteiger partial charge in [-0.2, -0.15) is 0 Å². The molecule has 0 bridgehead atoms. The Morgan fingerprint density at radius 3 is 2.73 bits per heavy atom. The Hall–Kier alpha value is -1.18. The van der Waals surface area contributed by atoms with Gasteiger partial charge in [-0.05, 0) is 74.4 Å². The van der Waals surface area contributed by atoms with Gasteiger partial charge >= 0.3 is 5.97 Å². The number of ether oxygens (including phenoxy) is 1. The maximum atomic E-state index is 12.0. The molecule has 0 atom stereocenters. The molecule has 0 spiro atoms. The van der Waals surface area contributed by atoms with Crippen LogP contribution in [0.3, 0.4) is 0 Å². The van der Waals surface area contributed by atoms with Crippen LogP contribution in [0.15, 0.2) is 57.6 Å². The van der Waals surface area contributed by atoms with Crippen molar-refractivity contribution in [3.8, 4) is 0 Å². The molecule has 0 saturated carbocycles. The molecule has 2 aromatic rings. The minimum absolute atomic E-state index is 0.234. The van der Waals surface area contributed by atoms with E-state index in [0.29, 0.717) is 10.9 Å². The highest BCUT2D eigenvalue weighted by atomic mass is 127. The number of hydrogen-bond acceptors (Lipinski definition) is 3. The van der Waals surface area contributed by atoms with E-state index >= 15 is 0 Å². The van der Waals surface area contributed by atoms with Crippen molar-refractivity contribution in [2.45, 2.75) is 0 Å². The smallest absolute Gasteiger partial charge is 0.363 e. The summed E-state index contributed by atoms with van der Waals surface area (Å²) in [5.41, 5.74) is 1.70. The molecule has 22 heavy (non-hydrogen) atoms. The van der Waals surface area contributed by atoms with E-state index in [4.69, 9.17) is 16.3 Å². The van der Waals surface area contributed by atoms with Gasteiger partial charge in [-0.25, -0.2) is 9.79 Å². The molecule has 0 fully saturated rings. The van der Waals surface area contributed by atoms with E-state index < -0.39 is 5.97 Å². The second-order valence-electron chi connectivity index (χ2n) is 4.49. The summed E-state index contributed by atoms with van der Waals surface area (Å²) in [5, 5.41) is 0.559. The average molecular weight is 489 g/mol. The molecule has 1 aliphatic heterocycles. The van der Waals surface area contributed by atoms with E-state index in [-0.39, 0.29) is 5.70 Å². The third-order valence-corrected chi connectivity index (χ3v) is 5.67. The van der Waals surface area contributed by atoms with Crippen LogP contribution >= 0.6 is 50.1 Å². The van der Waals surface area contributed by atoms with Gasteiger partial charge in [0.1, 0.15) is 0 Å². The maximum Gasteiger partial charge on any atom is 0.363 e. The van der Waals surface area contributed by atoms with Gasteiger partial charge in [0.05, 0.1) is 0 Å². The average Bonchev–Trinajstić information content (AvgIpc) is 2.85. The summed E-state index contributed by atoms with van der Waals surface area (Å²) in [6, 6.07) is 12.9. The lowest BCUT2D eigenvalue weighted by Crippen LogP contribution is -2.05. The fourth-order valence-corrected chi connectivity index (χ4v) is 2.81. The number of rotatable bonds is 2. The van der Waals surface area contributed by atoms with Crippen molar-refractivity contribution in [3.63, 3.8) is 0 Å². The number of carbonyl (C=O) groups excluding carboxylic acids is 1. The van der Waals surface area contributed by atoms with E-state index in [9.17, 15) is 4.79 Å². The first kappa shape index (κ1) is 15.7. The molecule has 110 valence electrons. The normalized spacial score (nSPS) is 15.9. The Morgan fingerprint density at radius 2 is 2.00 bits per heavy atom. The molecule has 0 saturated heterocycles. The summed E-state index contributed by atoms with van der Waals surface area (Å²) in [7, 11) is 0. The Kier molecular flexibility index (Phi) is 4.65. The molecular weight excluding hydrogens is 480 g/mol. The van der Waals surface area contributed by atoms with E-state index in [1.165, 1.54) is 0 Å². The standard InChI is InChI=1S/C16H8BrClINO2/c17-11-7-10(5-6-13(11)19)15-20-14(16(21)22-15)8-9-3-1-2-4-12(9)18/h1-8H/b14-8-. The maximum absolute atomic E-state index is 12.0. The molecule has 0 radical (unpaired) electrons. The van der Waals surface area contributed by atoms with Crippen LogP contribution in [-0.2, 0) is 9.53 Å². The molecule has 0 aliphatic carbocycles. The van der Waals surface area contributed by atoms with E-state index in [2.05, 4.69) is 43.5 Å². The van der Waals surface area contributed by atoms with Crippen molar-refractivity contribution < 1.29 is 9.53 Å². The summed E-state index contributed by atoms with van der Waals surface area (Å²) in [6.07, 6.45) is 1.62. The third-order valence-electron chi connectivity index (χ3n) is 2.98. The Morgan fingerprint density at radius 1 is 1.23 bits per heavy atom. The summed E-state index contributed by atoms with van der Waals surface area (Å²) in [4.78, 5) is 16.2. The van der Waals surface area contributed by atoms with E-state index in [1.54, 1.807) is 12.1 Å². The minimum atomic E-state index is -0.482. The van der Waals surface area contributed by atoms with Gasteiger partial charge in [-0.15, -0.1) is 0 Å². The predicted molar refractivity (Wildman–Crippen MR) is 98.9 cm³/mol. The molecule has 6 heteroatoms. The van der Waals surface area contributed by atoms with E-state index in [0.717, 1.165) is 19.2 Å². The molecule has 1 heterocycles. The van der Waals surface area contributed by atoms with E-state index in [1.807, 2.05) is 36.4 Å². The van der Waals surface area contributed by atoms with Gasteiger partial charge in [0.25, 0.3) is 0 Å². The number of carbonyl (C=O) groups is 1. The molecule has 1 aliphatic rings. The predicted octanol–water partition coefficient (Wildman–Crippen LogP) is 5.05. The number of benzene rings is 2. The molecule has 0 N–H and O–H groups in total. The fraction of sp³-hybridized carbons (Fsp3) is 0. The Bertz CT molecular complexity index is 833. The molecule has 0 aromatic heterocycles. The number of aliphatic imine (C=N–C) groups is 1. The highest BCUT2D eigenvalue weighted by molar-refractivity contribution is 14.1. The van der Waals surface area contributed by atoms with Gasteiger partial charge in [-0.1, -0.05) is 29.8 Å². The summed E-state index contributed by atoms with van der Waals surface area (Å²) in [6.45, 7) is 0. The second kappa shape index (κ2) is 6.52. The zero-order chi connectivity index (χ0) is 15.7.